The molecule has 2 heterocycles. The van der Waals surface area contributed by atoms with Gasteiger partial charge in [-0.3, -0.25) is 0 Å². The summed E-state index contributed by atoms with van der Waals surface area (Å²) in [5, 5.41) is 8.96. The molecule has 1 saturated heterocycles. The van der Waals surface area contributed by atoms with Gasteiger partial charge in [0, 0.05) is 12.4 Å². The topological polar surface area (TPSA) is 32.7 Å². The van der Waals surface area contributed by atoms with Gasteiger partial charge in [0.25, 0.3) is 0 Å². The van der Waals surface area contributed by atoms with Crippen molar-refractivity contribution in [2.75, 3.05) is 6.61 Å². The molecule has 14 heavy (non-hydrogen) atoms. The number of aliphatic hydroxyl groups excluding tert-OH is 1. The highest BCUT2D eigenvalue weighted by molar-refractivity contribution is 5.11. The molecule has 0 aromatic heterocycles. The molecular weight excluding hydrogens is 178 g/mol. The van der Waals surface area contributed by atoms with E-state index < -0.39 is 0 Å². The van der Waals surface area contributed by atoms with Gasteiger partial charge < -0.3 is 14.7 Å². The minimum Gasteiger partial charge on any atom is -0.394 e. The zero-order valence-corrected chi connectivity index (χ0v) is 8.52. The van der Waals surface area contributed by atoms with Crippen molar-refractivity contribution in [3.05, 3.63) is 24.0 Å². The minimum absolute atomic E-state index is 0.0315. The first-order valence-corrected chi connectivity index (χ1v) is 5.17. The summed E-state index contributed by atoms with van der Waals surface area (Å²) in [7, 11) is 0. The van der Waals surface area contributed by atoms with E-state index in [2.05, 4.69) is 30.3 Å². The molecule has 3 heteroatoms. The predicted molar refractivity (Wildman–Crippen MR) is 54.3 cm³/mol. The third-order valence-corrected chi connectivity index (χ3v) is 2.71. The molecule has 0 bridgehead atoms. The molecule has 0 amide bonds. The van der Waals surface area contributed by atoms with Gasteiger partial charge in [0.2, 0.25) is 0 Å². The summed E-state index contributed by atoms with van der Waals surface area (Å²) in [6.45, 7) is 2.26. The lowest BCUT2D eigenvalue weighted by molar-refractivity contribution is -0.0360. The van der Waals surface area contributed by atoms with Crippen LogP contribution >= 0.6 is 0 Å². The summed E-state index contributed by atoms with van der Waals surface area (Å²) in [5.41, 5.74) is 1.35. The number of hydrogen-bond donors (Lipinski definition) is 1. The highest BCUT2D eigenvalue weighted by atomic mass is 16.5. The molecule has 0 radical (unpaired) electrons. The van der Waals surface area contributed by atoms with Crippen molar-refractivity contribution in [3.63, 3.8) is 0 Å². The molecule has 2 unspecified atom stereocenters. The average Bonchev–Trinajstić information content (AvgIpc) is 2.66. The first-order valence-electron chi connectivity index (χ1n) is 5.17. The van der Waals surface area contributed by atoms with E-state index in [-0.39, 0.29) is 18.9 Å². The van der Waals surface area contributed by atoms with Gasteiger partial charge in [-0.1, -0.05) is 11.6 Å². The third kappa shape index (κ3) is 1.99. The number of rotatable bonds is 2. The van der Waals surface area contributed by atoms with Gasteiger partial charge in [-0.05, 0) is 26.2 Å². The summed E-state index contributed by atoms with van der Waals surface area (Å²) < 4.78 is 5.68. The van der Waals surface area contributed by atoms with Gasteiger partial charge in [-0.15, -0.1) is 0 Å². The van der Waals surface area contributed by atoms with Crippen LogP contribution in [-0.2, 0) is 4.74 Å². The number of aliphatic hydroxyl groups is 1. The summed E-state index contributed by atoms with van der Waals surface area (Å²) in [4.78, 5) is 2.11. The molecule has 1 N–H and O–H groups in total. The minimum atomic E-state index is 0.0315. The van der Waals surface area contributed by atoms with Crippen molar-refractivity contribution >= 4 is 0 Å². The van der Waals surface area contributed by atoms with E-state index in [1.54, 1.807) is 0 Å². The lowest BCUT2D eigenvalue weighted by Crippen LogP contribution is -2.28. The van der Waals surface area contributed by atoms with Crippen molar-refractivity contribution in [3.8, 4) is 0 Å². The maximum Gasteiger partial charge on any atom is 0.133 e. The van der Waals surface area contributed by atoms with E-state index in [0.717, 1.165) is 19.3 Å². The number of nitrogens with zero attached hydrogens (tertiary/aromatic N) is 1. The van der Waals surface area contributed by atoms with E-state index in [1.807, 2.05) is 0 Å². The van der Waals surface area contributed by atoms with Crippen LogP contribution in [0.15, 0.2) is 24.0 Å². The molecule has 0 spiro atoms. The molecule has 0 aliphatic carbocycles. The summed E-state index contributed by atoms with van der Waals surface area (Å²) in [6, 6.07) is 0. The van der Waals surface area contributed by atoms with E-state index in [1.165, 1.54) is 5.57 Å². The molecule has 0 aromatic rings. The molecule has 0 saturated carbocycles. The predicted octanol–water partition coefficient (Wildman–Crippen LogP) is 1.61. The van der Waals surface area contributed by atoms with Gasteiger partial charge in [-0.25, -0.2) is 0 Å². The number of allylic oxidation sites excluding steroid dienone is 2. The fourth-order valence-corrected chi connectivity index (χ4v) is 1.93. The molecular formula is C11H17NO2. The summed E-state index contributed by atoms with van der Waals surface area (Å²) >= 11 is 0. The third-order valence-electron chi connectivity index (χ3n) is 2.71. The van der Waals surface area contributed by atoms with E-state index in [9.17, 15) is 0 Å². The zero-order valence-electron chi connectivity index (χ0n) is 8.52. The monoisotopic (exact) mass is 195 g/mol. The van der Waals surface area contributed by atoms with Crippen LogP contribution in [-0.4, -0.2) is 28.9 Å². The Morgan fingerprint density at radius 1 is 1.57 bits per heavy atom. The maximum atomic E-state index is 8.96. The van der Waals surface area contributed by atoms with Gasteiger partial charge in [0.05, 0.1) is 12.7 Å². The van der Waals surface area contributed by atoms with Crippen LogP contribution in [0.25, 0.3) is 0 Å². The largest absolute Gasteiger partial charge is 0.394 e. The Morgan fingerprint density at radius 3 is 3.07 bits per heavy atom. The Kier molecular flexibility index (Phi) is 2.89. The van der Waals surface area contributed by atoms with Gasteiger partial charge >= 0.3 is 0 Å². The lowest BCUT2D eigenvalue weighted by atomic mass is 10.2. The molecule has 1 fully saturated rings. The summed E-state index contributed by atoms with van der Waals surface area (Å²) in [5.74, 6) is 0. The highest BCUT2D eigenvalue weighted by Crippen LogP contribution is 2.25. The van der Waals surface area contributed by atoms with E-state index in [4.69, 9.17) is 9.84 Å². The van der Waals surface area contributed by atoms with Crippen molar-refractivity contribution in [1.29, 1.82) is 0 Å². The first-order chi connectivity index (χ1) is 6.79. The van der Waals surface area contributed by atoms with Crippen LogP contribution in [0.5, 0.6) is 0 Å². The molecule has 3 nitrogen and oxygen atoms in total. The van der Waals surface area contributed by atoms with Crippen molar-refractivity contribution in [1.82, 2.24) is 4.90 Å². The SMILES string of the molecule is CC1=CN(C2CCC(CO)O2)C=CC1. The number of hydrogen-bond acceptors (Lipinski definition) is 3. The van der Waals surface area contributed by atoms with Crippen molar-refractivity contribution in [2.45, 2.75) is 38.5 Å². The molecule has 2 rings (SSSR count). The molecule has 2 aliphatic rings. The lowest BCUT2D eigenvalue weighted by Gasteiger charge is -2.26. The molecule has 2 atom stereocenters. The van der Waals surface area contributed by atoms with Gasteiger partial charge in [0.1, 0.15) is 6.23 Å². The average molecular weight is 195 g/mol. The van der Waals surface area contributed by atoms with Crippen LogP contribution in [0.1, 0.15) is 26.2 Å². The Balaban J connectivity index is 1.96. The fraction of sp³-hybridized carbons (Fsp3) is 0.636. The van der Waals surface area contributed by atoms with Crippen LogP contribution in [0.3, 0.4) is 0 Å². The second-order valence-corrected chi connectivity index (χ2v) is 3.98. The van der Waals surface area contributed by atoms with Crippen LogP contribution < -0.4 is 0 Å². The van der Waals surface area contributed by atoms with Crippen LogP contribution in [0.2, 0.25) is 0 Å². The first kappa shape index (κ1) is 9.74. The molecule has 2 aliphatic heterocycles. The van der Waals surface area contributed by atoms with E-state index in [0.29, 0.717) is 0 Å². The zero-order chi connectivity index (χ0) is 9.97. The molecule has 78 valence electrons. The Bertz CT molecular complexity index is 260. The quantitative estimate of drug-likeness (QED) is 0.726. The smallest absolute Gasteiger partial charge is 0.133 e. The van der Waals surface area contributed by atoms with Crippen molar-refractivity contribution in [2.24, 2.45) is 0 Å². The van der Waals surface area contributed by atoms with Gasteiger partial charge in [0.15, 0.2) is 0 Å². The second-order valence-electron chi connectivity index (χ2n) is 3.98. The second kappa shape index (κ2) is 4.15. The van der Waals surface area contributed by atoms with Gasteiger partial charge in [-0.2, -0.15) is 0 Å². The Hall–Kier alpha value is -0.800. The van der Waals surface area contributed by atoms with Crippen LogP contribution in [0, 0.1) is 0 Å². The number of ether oxygens (including phenoxy) is 1. The van der Waals surface area contributed by atoms with Crippen LogP contribution in [0.4, 0.5) is 0 Å². The molecule has 0 aromatic carbocycles. The Labute approximate surface area is 84.7 Å². The van der Waals surface area contributed by atoms with E-state index >= 15 is 0 Å². The normalized spacial score (nSPS) is 32.1. The maximum absolute atomic E-state index is 8.96. The van der Waals surface area contributed by atoms with Crippen molar-refractivity contribution < 1.29 is 9.84 Å². The summed E-state index contributed by atoms with van der Waals surface area (Å²) in [6.07, 6.45) is 9.49. The standard InChI is InChI=1S/C11H17NO2/c1-9-3-2-6-12(7-9)11-5-4-10(8-13)14-11/h2,6-7,10-11,13H,3-5,8H2,1H3. The fourth-order valence-electron chi connectivity index (χ4n) is 1.93. The Morgan fingerprint density at radius 2 is 2.43 bits per heavy atom. The highest BCUT2D eigenvalue weighted by Gasteiger charge is 2.27.